The van der Waals surface area contributed by atoms with Crippen molar-refractivity contribution in [2.24, 2.45) is 0 Å². The third-order valence-corrected chi connectivity index (χ3v) is 4.52. The maximum Gasteiger partial charge on any atom is 0.262 e. The van der Waals surface area contributed by atoms with E-state index in [2.05, 4.69) is 14.9 Å². The number of carbonyl (C=O) groups excluding carboxylic acids is 1. The molecule has 132 valence electrons. The van der Waals surface area contributed by atoms with Crippen molar-refractivity contribution in [1.82, 2.24) is 9.55 Å². The Hall–Kier alpha value is -3.08. The number of rotatable bonds is 5. The normalized spacial score (nSPS) is 12.7. The van der Waals surface area contributed by atoms with Gasteiger partial charge >= 0.3 is 0 Å². The summed E-state index contributed by atoms with van der Waals surface area (Å²) in [4.78, 5) is 16.7. The molecule has 1 aromatic heterocycles. The van der Waals surface area contributed by atoms with Crippen molar-refractivity contribution in [2.45, 2.75) is 26.3 Å². The predicted octanol–water partition coefficient (Wildman–Crippen LogP) is 3.82. The molecule has 1 aliphatic heterocycles. The molecule has 5 heteroatoms. The summed E-state index contributed by atoms with van der Waals surface area (Å²) in [5.74, 6) is 1.66. The molecule has 1 amide bonds. The van der Waals surface area contributed by atoms with Crippen molar-refractivity contribution in [1.29, 1.82) is 0 Å². The Bertz CT molecular complexity index is 946. The number of carbonyl (C=O) groups is 1. The van der Waals surface area contributed by atoms with Gasteiger partial charge in [0.25, 0.3) is 5.91 Å². The fraction of sp³-hybridized carbons (Fsp3) is 0.238. The van der Waals surface area contributed by atoms with Crippen LogP contribution in [-0.2, 0) is 17.8 Å². The zero-order valence-corrected chi connectivity index (χ0v) is 14.7. The number of anilines is 1. The molecule has 1 aliphatic rings. The minimum Gasteiger partial charge on any atom is -0.484 e. The largest absolute Gasteiger partial charge is 0.484 e. The van der Waals surface area contributed by atoms with E-state index in [1.807, 2.05) is 61.7 Å². The molecular formula is C21H21N3O2. The molecule has 2 aromatic carbocycles. The van der Waals surface area contributed by atoms with Crippen LogP contribution < -0.4 is 10.1 Å². The Kier molecular flexibility index (Phi) is 4.44. The van der Waals surface area contributed by atoms with Gasteiger partial charge in [-0.1, -0.05) is 24.3 Å². The summed E-state index contributed by atoms with van der Waals surface area (Å²) in [6, 6.07) is 15.5. The van der Waals surface area contributed by atoms with Gasteiger partial charge in [0.05, 0.1) is 11.9 Å². The zero-order chi connectivity index (χ0) is 17.9. The second kappa shape index (κ2) is 7.04. The zero-order valence-electron chi connectivity index (χ0n) is 14.7. The lowest BCUT2D eigenvalue weighted by Gasteiger charge is -2.10. The van der Waals surface area contributed by atoms with E-state index in [-0.39, 0.29) is 12.5 Å². The topological polar surface area (TPSA) is 56.1 Å². The number of aromatic nitrogens is 2. The Labute approximate surface area is 152 Å². The summed E-state index contributed by atoms with van der Waals surface area (Å²) >= 11 is 0. The monoisotopic (exact) mass is 347 g/mol. The number of nitrogens with zero attached hydrogens (tertiary/aromatic N) is 2. The maximum absolute atomic E-state index is 12.2. The third-order valence-electron chi connectivity index (χ3n) is 4.52. The number of nitrogens with one attached hydrogen (secondary N) is 1. The van der Waals surface area contributed by atoms with Crippen LogP contribution >= 0.6 is 0 Å². The summed E-state index contributed by atoms with van der Waals surface area (Å²) in [7, 11) is 0. The smallest absolute Gasteiger partial charge is 0.262 e. The molecule has 0 aliphatic carbocycles. The minimum atomic E-state index is -0.179. The summed E-state index contributed by atoms with van der Waals surface area (Å²) in [6.45, 7) is 2.98. The maximum atomic E-state index is 12.2. The highest BCUT2D eigenvalue weighted by molar-refractivity contribution is 5.92. The van der Waals surface area contributed by atoms with Crippen LogP contribution in [0.15, 0.2) is 54.7 Å². The first-order valence-electron chi connectivity index (χ1n) is 8.83. The van der Waals surface area contributed by atoms with Gasteiger partial charge in [-0.3, -0.25) is 4.79 Å². The molecule has 0 radical (unpaired) electrons. The molecule has 0 bridgehead atoms. The second-order valence-corrected chi connectivity index (χ2v) is 6.55. The van der Waals surface area contributed by atoms with E-state index < -0.39 is 0 Å². The Morgan fingerprint density at radius 1 is 1.23 bits per heavy atom. The number of benzene rings is 2. The molecule has 0 fully saturated rings. The highest BCUT2D eigenvalue weighted by Gasteiger charge is 2.16. The lowest BCUT2D eigenvalue weighted by Crippen LogP contribution is -2.20. The fourth-order valence-electron chi connectivity index (χ4n) is 3.30. The average Bonchev–Trinajstić information content (AvgIpc) is 3.24. The van der Waals surface area contributed by atoms with Crippen LogP contribution in [0.25, 0.3) is 11.3 Å². The minimum absolute atomic E-state index is 0.0181. The van der Waals surface area contributed by atoms with Crippen LogP contribution in [0.2, 0.25) is 0 Å². The molecule has 2 heterocycles. The highest BCUT2D eigenvalue weighted by atomic mass is 16.5. The van der Waals surface area contributed by atoms with Gasteiger partial charge in [-0.15, -0.1) is 0 Å². The van der Waals surface area contributed by atoms with E-state index in [9.17, 15) is 4.79 Å². The number of fused-ring (bicyclic) bond motifs is 1. The van der Waals surface area contributed by atoms with Crippen molar-refractivity contribution in [3.05, 3.63) is 66.1 Å². The number of amides is 1. The van der Waals surface area contributed by atoms with Crippen molar-refractivity contribution in [3.63, 3.8) is 0 Å². The van der Waals surface area contributed by atoms with Crippen molar-refractivity contribution < 1.29 is 9.53 Å². The Morgan fingerprint density at radius 2 is 2.12 bits per heavy atom. The van der Waals surface area contributed by atoms with E-state index in [1.54, 1.807) is 0 Å². The van der Waals surface area contributed by atoms with Gasteiger partial charge in [0.1, 0.15) is 11.6 Å². The summed E-state index contributed by atoms with van der Waals surface area (Å²) in [5, 5.41) is 2.90. The van der Waals surface area contributed by atoms with Crippen LogP contribution in [-0.4, -0.2) is 22.1 Å². The molecule has 0 saturated heterocycles. The molecule has 0 saturated carbocycles. The number of ether oxygens (including phenoxy) is 1. The van der Waals surface area contributed by atoms with Crippen molar-refractivity contribution in [3.8, 4) is 17.0 Å². The first-order chi connectivity index (χ1) is 12.7. The second-order valence-electron chi connectivity index (χ2n) is 6.55. The molecule has 3 aromatic rings. The number of hydrogen-bond donors (Lipinski definition) is 1. The quantitative estimate of drug-likeness (QED) is 0.763. The van der Waals surface area contributed by atoms with Gasteiger partial charge < -0.3 is 14.6 Å². The summed E-state index contributed by atoms with van der Waals surface area (Å²) in [6.07, 6.45) is 4.09. The van der Waals surface area contributed by atoms with Crippen molar-refractivity contribution >= 4 is 11.6 Å². The molecule has 5 nitrogen and oxygen atoms in total. The number of imidazole rings is 1. The lowest BCUT2D eigenvalue weighted by atomic mass is 10.1. The fourth-order valence-corrected chi connectivity index (χ4v) is 3.30. The summed E-state index contributed by atoms with van der Waals surface area (Å²) in [5.41, 5.74) is 4.02. The van der Waals surface area contributed by atoms with Crippen LogP contribution in [0.3, 0.4) is 0 Å². The van der Waals surface area contributed by atoms with E-state index in [1.165, 1.54) is 0 Å². The Morgan fingerprint density at radius 3 is 3.00 bits per heavy atom. The van der Waals surface area contributed by atoms with Gasteiger partial charge in [0, 0.05) is 24.2 Å². The van der Waals surface area contributed by atoms with Gasteiger partial charge in [-0.25, -0.2) is 4.98 Å². The summed E-state index contributed by atoms with van der Waals surface area (Å²) < 4.78 is 7.81. The molecule has 0 spiro atoms. The number of hydrogen-bond acceptors (Lipinski definition) is 3. The molecule has 0 unspecified atom stereocenters. The standard InChI is InChI=1S/C21H21N3O2/c1-15-5-2-8-18(11-15)26-14-21(25)23-17-7-3-6-16(12-17)19-13-22-20-9-4-10-24(19)20/h2-3,5-8,11-13H,4,9-10,14H2,1H3,(H,23,25). The average molecular weight is 347 g/mol. The van der Waals surface area contributed by atoms with E-state index in [0.29, 0.717) is 5.75 Å². The molecule has 4 rings (SSSR count). The highest BCUT2D eigenvalue weighted by Crippen LogP contribution is 2.27. The molecule has 1 N–H and O–H groups in total. The van der Waals surface area contributed by atoms with Gasteiger partial charge in [0.15, 0.2) is 6.61 Å². The lowest BCUT2D eigenvalue weighted by molar-refractivity contribution is -0.118. The Balaban J connectivity index is 1.43. The predicted molar refractivity (Wildman–Crippen MR) is 101 cm³/mol. The number of aryl methyl sites for hydroxylation is 2. The third kappa shape index (κ3) is 3.47. The van der Waals surface area contributed by atoms with Crippen LogP contribution in [0.4, 0.5) is 5.69 Å². The van der Waals surface area contributed by atoms with Gasteiger partial charge in [-0.2, -0.15) is 0 Å². The first-order valence-corrected chi connectivity index (χ1v) is 8.83. The van der Waals surface area contributed by atoms with E-state index in [4.69, 9.17) is 4.74 Å². The molecule has 0 atom stereocenters. The van der Waals surface area contributed by atoms with Crippen LogP contribution in [0.1, 0.15) is 17.8 Å². The van der Waals surface area contributed by atoms with Crippen LogP contribution in [0.5, 0.6) is 5.75 Å². The van der Waals surface area contributed by atoms with Crippen molar-refractivity contribution in [2.75, 3.05) is 11.9 Å². The van der Waals surface area contributed by atoms with E-state index in [0.717, 1.165) is 47.7 Å². The molecular weight excluding hydrogens is 326 g/mol. The van der Waals surface area contributed by atoms with E-state index >= 15 is 0 Å². The SMILES string of the molecule is Cc1cccc(OCC(=O)Nc2cccc(-c3cnc4n3CCC4)c2)c1. The van der Waals surface area contributed by atoms with Gasteiger partial charge in [-0.05, 0) is 43.2 Å². The van der Waals surface area contributed by atoms with Crippen LogP contribution in [0, 0.1) is 6.92 Å². The van der Waals surface area contributed by atoms with Gasteiger partial charge in [0.2, 0.25) is 0 Å². The first kappa shape index (κ1) is 16.4. The molecule has 26 heavy (non-hydrogen) atoms.